The Labute approximate surface area is 104 Å². The summed E-state index contributed by atoms with van der Waals surface area (Å²) in [6, 6.07) is 11.9. The van der Waals surface area contributed by atoms with E-state index in [2.05, 4.69) is 16.2 Å². The molecule has 0 saturated heterocycles. The highest BCUT2D eigenvalue weighted by molar-refractivity contribution is 5.80. The van der Waals surface area contributed by atoms with E-state index in [9.17, 15) is 5.26 Å². The summed E-state index contributed by atoms with van der Waals surface area (Å²) in [4.78, 5) is 4.28. The lowest BCUT2D eigenvalue weighted by Gasteiger charge is -2.06. The number of para-hydroxylation sites is 1. The Kier molecular flexibility index (Phi) is 2.31. The normalized spacial score (nSPS) is 10.4. The first-order valence-electron chi connectivity index (χ1n) is 5.60. The highest BCUT2D eigenvalue weighted by Gasteiger charge is 2.11. The molecule has 0 aliphatic rings. The van der Waals surface area contributed by atoms with Gasteiger partial charge in [-0.3, -0.25) is 0 Å². The van der Waals surface area contributed by atoms with Gasteiger partial charge >= 0.3 is 0 Å². The molecule has 0 saturated carbocycles. The van der Waals surface area contributed by atoms with Crippen molar-refractivity contribution in [3.05, 3.63) is 53.9 Å². The molecule has 86 valence electrons. The van der Waals surface area contributed by atoms with Gasteiger partial charge in [0.1, 0.15) is 6.07 Å². The summed E-state index contributed by atoms with van der Waals surface area (Å²) in [5, 5.41) is 14.6. The molecule has 1 aromatic carbocycles. The highest BCUT2D eigenvalue weighted by atomic mass is 15.3. The molecule has 18 heavy (non-hydrogen) atoms. The van der Waals surface area contributed by atoms with E-state index < -0.39 is 0 Å². The third kappa shape index (κ3) is 1.45. The van der Waals surface area contributed by atoms with E-state index in [1.807, 2.05) is 37.3 Å². The molecule has 4 nitrogen and oxygen atoms in total. The molecule has 0 amide bonds. The maximum Gasteiger partial charge on any atom is 0.172 e. The minimum atomic E-state index is 0.561. The second-order valence-electron chi connectivity index (χ2n) is 4.05. The van der Waals surface area contributed by atoms with Crippen molar-refractivity contribution in [3.63, 3.8) is 0 Å². The van der Waals surface area contributed by atoms with Gasteiger partial charge in [-0.25, -0.2) is 9.67 Å². The van der Waals surface area contributed by atoms with Gasteiger partial charge in [-0.15, -0.1) is 0 Å². The number of nitriles is 1. The van der Waals surface area contributed by atoms with E-state index in [1.165, 1.54) is 0 Å². The van der Waals surface area contributed by atoms with Crippen molar-refractivity contribution in [3.8, 4) is 11.9 Å². The van der Waals surface area contributed by atoms with Crippen LogP contribution in [0.1, 0.15) is 11.1 Å². The number of aromatic nitrogens is 3. The largest absolute Gasteiger partial charge is 0.236 e. The number of hydrogen-bond donors (Lipinski definition) is 0. The van der Waals surface area contributed by atoms with Crippen LogP contribution in [0.15, 0.2) is 42.7 Å². The number of nitrogens with zero attached hydrogens (tertiary/aromatic N) is 4. The van der Waals surface area contributed by atoms with Gasteiger partial charge in [0.15, 0.2) is 5.82 Å². The van der Waals surface area contributed by atoms with Gasteiger partial charge in [0, 0.05) is 11.6 Å². The monoisotopic (exact) mass is 234 g/mol. The van der Waals surface area contributed by atoms with Crippen LogP contribution in [-0.4, -0.2) is 14.8 Å². The van der Waals surface area contributed by atoms with Gasteiger partial charge < -0.3 is 0 Å². The standard InChI is InChI=1S/C14H10N4/c1-10-6-7-16-14(12(10)8-15)18-13-5-3-2-4-11(13)9-17-18/h2-7,9H,1H3. The molecule has 0 bridgehead atoms. The molecule has 0 aliphatic heterocycles. The van der Waals surface area contributed by atoms with Crippen LogP contribution in [0.2, 0.25) is 0 Å². The van der Waals surface area contributed by atoms with Gasteiger partial charge in [-0.2, -0.15) is 10.4 Å². The van der Waals surface area contributed by atoms with Crippen molar-refractivity contribution in [1.82, 2.24) is 14.8 Å². The summed E-state index contributed by atoms with van der Waals surface area (Å²) >= 11 is 0. The number of rotatable bonds is 1. The lowest BCUT2D eigenvalue weighted by Crippen LogP contribution is -2.03. The van der Waals surface area contributed by atoms with E-state index in [4.69, 9.17) is 0 Å². The van der Waals surface area contributed by atoms with Crippen LogP contribution in [0, 0.1) is 18.3 Å². The number of aryl methyl sites for hydroxylation is 1. The smallest absolute Gasteiger partial charge is 0.172 e. The van der Waals surface area contributed by atoms with Gasteiger partial charge in [0.25, 0.3) is 0 Å². The molecule has 2 aromatic heterocycles. The quantitative estimate of drug-likeness (QED) is 0.650. The topological polar surface area (TPSA) is 54.5 Å². The number of benzene rings is 1. The first kappa shape index (κ1) is 10.5. The Hall–Kier alpha value is -2.67. The van der Waals surface area contributed by atoms with E-state index in [1.54, 1.807) is 17.1 Å². The molecule has 0 fully saturated rings. The molecular weight excluding hydrogens is 224 g/mol. The van der Waals surface area contributed by atoms with Gasteiger partial charge in [0.2, 0.25) is 0 Å². The van der Waals surface area contributed by atoms with Crippen molar-refractivity contribution in [2.75, 3.05) is 0 Å². The summed E-state index contributed by atoms with van der Waals surface area (Å²) in [6.07, 6.45) is 3.47. The fourth-order valence-electron chi connectivity index (χ4n) is 1.98. The predicted molar refractivity (Wildman–Crippen MR) is 68.3 cm³/mol. The van der Waals surface area contributed by atoms with E-state index in [-0.39, 0.29) is 0 Å². The van der Waals surface area contributed by atoms with Crippen LogP contribution in [0.5, 0.6) is 0 Å². The Bertz CT molecular complexity index is 765. The Morgan fingerprint density at radius 3 is 2.89 bits per heavy atom. The fraction of sp³-hybridized carbons (Fsp3) is 0.0714. The minimum absolute atomic E-state index is 0.561. The summed E-state index contributed by atoms with van der Waals surface area (Å²) in [5.74, 6) is 0.582. The van der Waals surface area contributed by atoms with Crippen molar-refractivity contribution in [1.29, 1.82) is 5.26 Å². The average Bonchev–Trinajstić information content (AvgIpc) is 2.82. The Morgan fingerprint density at radius 2 is 2.06 bits per heavy atom. The van der Waals surface area contributed by atoms with Crippen LogP contribution in [-0.2, 0) is 0 Å². The molecule has 3 rings (SSSR count). The van der Waals surface area contributed by atoms with E-state index >= 15 is 0 Å². The molecule has 0 radical (unpaired) electrons. The molecular formula is C14H10N4. The summed E-state index contributed by atoms with van der Waals surface area (Å²) in [7, 11) is 0. The zero-order chi connectivity index (χ0) is 12.5. The Morgan fingerprint density at radius 1 is 1.22 bits per heavy atom. The minimum Gasteiger partial charge on any atom is -0.236 e. The third-order valence-electron chi connectivity index (χ3n) is 2.93. The molecule has 0 spiro atoms. The zero-order valence-electron chi connectivity index (χ0n) is 9.83. The molecule has 0 N–H and O–H groups in total. The molecule has 2 heterocycles. The summed E-state index contributed by atoms with van der Waals surface area (Å²) in [5.41, 5.74) is 2.42. The molecule has 3 aromatic rings. The maximum absolute atomic E-state index is 9.24. The van der Waals surface area contributed by atoms with Crippen LogP contribution in [0.3, 0.4) is 0 Å². The van der Waals surface area contributed by atoms with Crippen molar-refractivity contribution >= 4 is 10.9 Å². The van der Waals surface area contributed by atoms with Gasteiger partial charge in [0.05, 0.1) is 17.3 Å². The van der Waals surface area contributed by atoms with Crippen LogP contribution < -0.4 is 0 Å². The number of hydrogen-bond acceptors (Lipinski definition) is 3. The van der Waals surface area contributed by atoms with Crippen molar-refractivity contribution in [2.24, 2.45) is 0 Å². The fourth-order valence-corrected chi connectivity index (χ4v) is 1.98. The van der Waals surface area contributed by atoms with E-state index in [0.29, 0.717) is 11.4 Å². The first-order chi connectivity index (χ1) is 8.81. The molecule has 0 atom stereocenters. The lowest BCUT2D eigenvalue weighted by atomic mass is 10.1. The van der Waals surface area contributed by atoms with Crippen molar-refractivity contribution in [2.45, 2.75) is 6.92 Å². The van der Waals surface area contributed by atoms with E-state index in [0.717, 1.165) is 16.5 Å². The zero-order valence-corrected chi connectivity index (χ0v) is 9.83. The SMILES string of the molecule is Cc1ccnc(-n2ncc3ccccc32)c1C#N. The average molecular weight is 234 g/mol. The van der Waals surface area contributed by atoms with Gasteiger partial charge in [-0.05, 0) is 24.6 Å². The predicted octanol–water partition coefficient (Wildman–Crippen LogP) is 2.60. The van der Waals surface area contributed by atoms with Crippen LogP contribution in [0.4, 0.5) is 0 Å². The molecule has 0 aliphatic carbocycles. The Balaban J connectivity index is 2.34. The lowest BCUT2D eigenvalue weighted by molar-refractivity contribution is 0.868. The summed E-state index contributed by atoms with van der Waals surface area (Å²) in [6.45, 7) is 1.90. The number of pyridine rings is 1. The first-order valence-corrected chi connectivity index (χ1v) is 5.60. The third-order valence-corrected chi connectivity index (χ3v) is 2.93. The van der Waals surface area contributed by atoms with Crippen LogP contribution >= 0.6 is 0 Å². The number of fused-ring (bicyclic) bond motifs is 1. The van der Waals surface area contributed by atoms with Crippen LogP contribution in [0.25, 0.3) is 16.7 Å². The van der Waals surface area contributed by atoms with Crippen molar-refractivity contribution < 1.29 is 0 Å². The summed E-state index contributed by atoms with van der Waals surface area (Å²) < 4.78 is 1.71. The molecule has 0 unspecified atom stereocenters. The highest BCUT2D eigenvalue weighted by Crippen LogP contribution is 2.20. The maximum atomic E-state index is 9.24. The second-order valence-corrected chi connectivity index (χ2v) is 4.05. The molecule has 4 heteroatoms. The second kappa shape index (κ2) is 3.97. The van der Waals surface area contributed by atoms with Gasteiger partial charge in [-0.1, -0.05) is 18.2 Å².